The van der Waals surface area contributed by atoms with Crippen molar-refractivity contribution in [1.29, 1.82) is 0 Å². The summed E-state index contributed by atoms with van der Waals surface area (Å²) in [6.07, 6.45) is 6.47. The molecule has 0 aromatic heterocycles. The molecule has 0 amide bonds. The van der Waals surface area contributed by atoms with Gasteiger partial charge in [0, 0.05) is 45.9 Å². The van der Waals surface area contributed by atoms with E-state index in [-0.39, 0.29) is 0 Å². The lowest BCUT2D eigenvalue weighted by molar-refractivity contribution is 0.123. The number of rotatable bonds is 9. The number of piperidine rings is 1. The van der Waals surface area contributed by atoms with Crippen LogP contribution in [0.1, 0.15) is 46.0 Å². The van der Waals surface area contributed by atoms with Gasteiger partial charge in [-0.05, 0) is 57.4 Å². The van der Waals surface area contributed by atoms with Gasteiger partial charge in [-0.25, -0.2) is 0 Å². The normalized spacial score (nSPS) is 24.5. The molecule has 1 saturated heterocycles. The van der Waals surface area contributed by atoms with Crippen LogP contribution in [0.25, 0.3) is 0 Å². The maximum absolute atomic E-state index is 5.65. The molecule has 0 bridgehead atoms. The topological polar surface area (TPSA) is 48.9 Å². The van der Waals surface area contributed by atoms with Gasteiger partial charge in [-0.3, -0.25) is 9.89 Å². The van der Waals surface area contributed by atoms with Gasteiger partial charge >= 0.3 is 0 Å². The summed E-state index contributed by atoms with van der Waals surface area (Å²) >= 11 is 0. The van der Waals surface area contributed by atoms with Gasteiger partial charge in [0.2, 0.25) is 0 Å². The Hall–Kier alpha value is -0.810. The summed E-state index contributed by atoms with van der Waals surface area (Å²) in [5.41, 5.74) is 0. The fraction of sp³-hybridized carbons (Fsp3) is 0.944. The standard InChI is InChI=1S/C18H36N4O/c1-15-6-4-10-22(13-15)16(2)12-21-18(19-3)20-9-5-11-23-14-17-7-8-17/h15-17H,4-14H2,1-3H3,(H2,19,20,21). The molecule has 1 aliphatic carbocycles. The van der Waals surface area contributed by atoms with Crippen molar-refractivity contribution < 1.29 is 4.74 Å². The number of hydrogen-bond donors (Lipinski definition) is 2. The Kier molecular flexibility index (Phi) is 8.17. The van der Waals surface area contributed by atoms with Crippen molar-refractivity contribution in [2.45, 2.75) is 52.0 Å². The number of nitrogens with zero attached hydrogens (tertiary/aromatic N) is 2. The first kappa shape index (κ1) is 18.5. The lowest BCUT2D eigenvalue weighted by Crippen LogP contribution is -2.48. The third kappa shape index (κ3) is 7.53. The third-order valence-corrected chi connectivity index (χ3v) is 4.91. The van der Waals surface area contributed by atoms with E-state index in [1.165, 1.54) is 38.8 Å². The van der Waals surface area contributed by atoms with Crippen LogP contribution in [0.3, 0.4) is 0 Å². The van der Waals surface area contributed by atoms with Crippen LogP contribution in [-0.2, 0) is 4.74 Å². The number of nitrogens with one attached hydrogen (secondary N) is 2. The fourth-order valence-corrected chi connectivity index (χ4v) is 3.14. The molecule has 2 fully saturated rings. The molecular formula is C18H36N4O. The number of ether oxygens (including phenoxy) is 1. The van der Waals surface area contributed by atoms with Gasteiger partial charge in [0.25, 0.3) is 0 Å². The van der Waals surface area contributed by atoms with Crippen LogP contribution in [0, 0.1) is 11.8 Å². The number of aliphatic imine (C=N–C) groups is 1. The molecule has 5 heteroatoms. The highest BCUT2D eigenvalue weighted by molar-refractivity contribution is 5.79. The molecular weight excluding hydrogens is 288 g/mol. The van der Waals surface area contributed by atoms with Gasteiger partial charge in [0.05, 0.1) is 0 Å². The van der Waals surface area contributed by atoms with Crippen LogP contribution >= 0.6 is 0 Å². The summed E-state index contributed by atoms with van der Waals surface area (Å²) in [7, 11) is 1.84. The Balaban J connectivity index is 1.52. The second-order valence-electron chi connectivity index (χ2n) is 7.34. The highest BCUT2D eigenvalue weighted by Crippen LogP contribution is 2.28. The molecule has 1 heterocycles. The number of hydrogen-bond acceptors (Lipinski definition) is 3. The molecule has 2 rings (SSSR count). The zero-order valence-corrected chi connectivity index (χ0v) is 15.3. The van der Waals surface area contributed by atoms with Gasteiger partial charge in [-0.2, -0.15) is 0 Å². The Morgan fingerprint density at radius 2 is 2.13 bits per heavy atom. The Morgan fingerprint density at radius 3 is 2.83 bits per heavy atom. The van der Waals surface area contributed by atoms with Gasteiger partial charge in [0.1, 0.15) is 0 Å². The maximum atomic E-state index is 5.65. The number of likely N-dealkylation sites (tertiary alicyclic amines) is 1. The average Bonchev–Trinajstić information content (AvgIpc) is 3.37. The zero-order valence-electron chi connectivity index (χ0n) is 15.3. The van der Waals surface area contributed by atoms with Crippen LogP contribution in [0.4, 0.5) is 0 Å². The molecule has 134 valence electrons. The second kappa shape index (κ2) is 10.1. The summed E-state index contributed by atoms with van der Waals surface area (Å²) in [5.74, 6) is 2.60. The molecule has 5 nitrogen and oxygen atoms in total. The van der Waals surface area contributed by atoms with E-state index in [0.29, 0.717) is 6.04 Å². The molecule has 0 spiro atoms. The molecule has 1 aliphatic heterocycles. The van der Waals surface area contributed by atoms with Gasteiger partial charge in [-0.1, -0.05) is 6.92 Å². The van der Waals surface area contributed by atoms with Crippen molar-refractivity contribution in [2.75, 3.05) is 46.4 Å². The fourth-order valence-electron chi connectivity index (χ4n) is 3.14. The lowest BCUT2D eigenvalue weighted by Gasteiger charge is -2.35. The largest absolute Gasteiger partial charge is 0.381 e. The monoisotopic (exact) mass is 324 g/mol. The minimum absolute atomic E-state index is 0.554. The molecule has 2 unspecified atom stereocenters. The van der Waals surface area contributed by atoms with E-state index in [1.54, 1.807) is 0 Å². The molecule has 2 atom stereocenters. The summed E-state index contributed by atoms with van der Waals surface area (Å²) in [4.78, 5) is 6.91. The van der Waals surface area contributed by atoms with Crippen LogP contribution in [-0.4, -0.2) is 63.3 Å². The summed E-state index contributed by atoms with van der Waals surface area (Å²) < 4.78 is 5.65. The highest BCUT2D eigenvalue weighted by Gasteiger charge is 2.21. The summed E-state index contributed by atoms with van der Waals surface area (Å²) in [6.45, 7) is 10.8. The van der Waals surface area contributed by atoms with Gasteiger partial charge in [-0.15, -0.1) is 0 Å². The van der Waals surface area contributed by atoms with E-state index in [9.17, 15) is 0 Å². The van der Waals surface area contributed by atoms with Crippen LogP contribution in [0.15, 0.2) is 4.99 Å². The Morgan fingerprint density at radius 1 is 1.30 bits per heavy atom. The second-order valence-corrected chi connectivity index (χ2v) is 7.34. The van der Waals surface area contributed by atoms with Crippen molar-refractivity contribution in [3.63, 3.8) is 0 Å². The SMILES string of the molecule is CN=C(NCCCOCC1CC1)NCC(C)N1CCCC(C)C1. The van der Waals surface area contributed by atoms with Crippen molar-refractivity contribution in [2.24, 2.45) is 16.8 Å². The van der Waals surface area contributed by atoms with E-state index in [2.05, 4.69) is 34.4 Å². The minimum atomic E-state index is 0.554. The van der Waals surface area contributed by atoms with Crippen molar-refractivity contribution in [3.8, 4) is 0 Å². The quantitative estimate of drug-likeness (QED) is 0.387. The molecule has 1 saturated carbocycles. The number of guanidine groups is 1. The Bertz CT molecular complexity index is 357. The average molecular weight is 325 g/mol. The zero-order chi connectivity index (χ0) is 16.5. The van der Waals surface area contributed by atoms with Crippen LogP contribution in [0.5, 0.6) is 0 Å². The molecule has 23 heavy (non-hydrogen) atoms. The van der Waals surface area contributed by atoms with E-state index >= 15 is 0 Å². The molecule has 0 aromatic rings. The smallest absolute Gasteiger partial charge is 0.191 e. The Labute approximate surface area is 142 Å². The lowest BCUT2D eigenvalue weighted by atomic mass is 9.99. The molecule has 0 aromatic carbocycles. The van der Waals surface area contributed by atoms with Crippen molar-refractivity contribution >= 4 is 5.96 Å². The molecule has 2 N–H and O–H groups in total. The third-order valence-electron chi connectivity index (χ3n) is 4.91. The van der Waals surface area contributed by atoms with Crippen LogP contribution < -0.4 is 10.6 Å². The van der Waals surface area contributed by atoms with E-state index < -0.39 is 0 Å². The predicted molar refractivity (Wildman–Crippen MR) is 97.0 cm³/mol. The molecule has 0 radical (unpaired) electrons. The van der Waals surface area contributed by atoms with Crippen molar-refractivity contribution in [3.05, 3.63) is 0 Å². The summed E-state index contributed by atoms with van der Waals surface area (Å²) in [6, 6.07) is 0.554. The van der Waals surface area contributed by atoms with Gasteiger partial charge < -0.3 is 15.4 Å². The maximum Gasteiger partial charge on any atom is 0.191 e. The van der Waals surface area contributed by atoms with Gasteiger partial charge in [0.15, 0.2) is 5.96 Å². The minimum Gasteiger partial charge on any atom is -0.381 e. The van der Waals surface area contributed by atoms with Crippen molar-refractivity contribution in [1.82, 2.24) is 15.5 Å². The van der Waals surface area contributed by atoms with E-state index in [0.717, 1.165) is 50.5 Å². The molecule has 2 aliphatic rings. The highest BCUT2D eigenvalue weighted by atomic mass is 16.5. The predicted octanol–water partition coefficient (Wildman–Crippen LogP) is 2.09. The first-order chi connectivity index (χ1) is 11.2. The first-order valence-electron chi connectivity index (χ1n) is 9.45. The van der Waals surface area contributed by atoms with Crippen LogP contribution in [0.2, 0.25) is 0 Å². The van der Waals surface area contributed by atoms with E-state index in [1.807, 2.05) is 7.05 Å². The first-order valence-corrected chi connectivity index (χ1v) is 9.45. The summed E-state index contributed by atoms with van der Waals surface area (Å²) in [5, 5.41) is 6.84. The van der Waals surface area contributed by atoms with E-state index in [4.69, 9.17) is 4.74 Å².